The van der Waals surface area contributed by atoms with Crippen LogP contribution in [-0.4, -0.2) is 36.6 Å². The van der Waals surface area contributed by atoms with Crippen molar-refractivity contribution in [1.82, 2.24) is 10.2 Å². The second-order valence-corrected chi connectivity index (χ2v) is 6.94. The number of nitrogens with one attached hydrogen (secondary N) is 1. The van der Waals surface area contributed by atoms with Gasteiger partial charge in [0.15, 0.2) is 0 Å². The second kappa shape index (κ2) is 7.08. The molecule has 1 heterocycles. The lowest BCUT2D eigenvalue weighted by Crippen LogP contribution is -2.60. The highest BCUT2D eigenvalue weighted by Crippen LogP contribution is 2.31. The summed E-state index contributed by atoms with van der Waals surface area (Å²) in [5, 5.41) is 3.77. The van der Waals surface area contributed by atoms with Crippen LogP contribution in [0.1, 0.15) is 65.7 Å². The molecule has 1 saturated carbocycles. The van der Waals surface area contributed by atoms with Crippen molar-refractivity contribution < 1.29 is 0 Å². The zero-order valence-corrected chi connectivity index (χ0v) is 13.4. The Kier molecular flexibility index (Phi) is 5.70. The molecule has 0 radical (unpaired) electrons. The van der Waals surface area contributed by atoms with Gasteiger partial charge in [-0.15, -0.1) is 0 Å². The molecule has 0 amide bonds. The summed E-state index contributed by atoms with van der Waals surface area (Å²) < 4.78 is 0. The molecule has 0 aromatic heterocycles. The van der Waals surface area contributed by atoms with Gasteiger partial charge in [-0.1, -0.05) is 40.0 Å². The average Bonchev–Trinajstić information content (AvgIpc) is 2.48. The molecule has 2 fully saturated rings. The van der Waals surface area contributed by atoms with Crippen molar-refractivity contribution in [2.75, 3.05) is 26.2 Å². The molecule has 2 nitrogen and oxygen atoms in total. The lowest BCUT2D eigenvalue weighted by molar-refractivity contribution is 0.0954. The van der Waals surface area contributed by atoms with Crippen LogP contribution in [0.5, 0.6) is 0 Å². The molecule has 1 saturated heterocycles. The Bertz CT molecular complexity index is 252. The minimum Gasteiger partial charge on any atom is -0.309 e. The van der Waals surface area contributed by atoms with Crippen LogP contribution in [0.15, 0.2) is 0 Å². The van der Waals surface area contributed by atoms with Crippen LogP contribution in [0.4, 0.5) is 0 Å². The predicted octanol–water partition coefficient (Wildman–Crippen LogP) is 3.67. The van der Waals surface area contributed by atoms with E-state index < -0.39 is 0 Å². The summed E-state index contributed by atoms with van der Waals surface area (Å²) in [5.41, 5.74) is 0.402. The molecule has 0 bridgehead atoms. The van der Waals surface area contributed by atoms with Gasteiger partial charge in [0.25, 0.3) is 0 Å². The third kappa shape index (κ3) is 3.95. The van der Waals surface area contributed by atoms with Crippen LogP contribution in [0.2, 0.25) is 0 Å². The van der Waals surface area contributed by atoms with Gasteiger partial charge in [-0.3, -0.25) is 4.90 Å². The van der Waals surface area contributed by atoms with Crippen molar-refractivity contribution in [3.63, 3.8) is 0 Å². The van der Waals surface area contributed by atoms with Crippen molar-refractivity contribution in [1.29, 1.82) is 0 Å². The smallest absolute Gasteiger partial charge is 0.0304 e. The average molecular weight is 266 g/mol. The van der Waals surface area contributed by atoms with Gasteiger partial charge in [0.1, 0.15) is 0 Å². The molecule has 112 valence electrons. The highest BCUT2D eigenvalue weighted by atomic mass is 15.2. The van der Waals surface area contributed by atoms with Crippen molar-refractivity contribution in [3.8, 4) is 0 Å². The molecular weight excluding hydrogens is 232 g/mol. The number of piperazine rings is 1. The van der Waals surface area contributed by atoms with Crippen LogP contribution in [0, 0.1) is 11.8 Å². The maximum absolute atomic E-state index is 3.77. The van der Waals surface area contributed by atoms with E-state index in [1.54, 1.807) is 0 Å². The van der Waals surface area contributed by atoms with Gasteiger partial charge < -0.3 is 5.32 Å². The van der Waals surface area contributed by atoms with E-state index in [1.807, 2.05) is 0 Å². The molecule has 0 unspecified atom stereocenters. The number of nitrogens with zero attached hydrogens (tertiary/aromatic N) is 1. The summed E-state index contributed by atoms with van der Waals surface area (Å²) in [7, 11) is 0. The highest BCUT2D eigenvalue weighted by Gasteiger charge is 2.33. The molecule has 19 heavy (non-hydrogen) atoms. The van der Waals surface area contributed by atoms with E-state index in [0.717, 1.165) is 11.8 Å². The van der Waals surface area contributed by atoms with Crippen molar-refractivity contribution >= 4 is 0 Å². The Balaban J connectivity index is 1.79. The molecule has 1 aliphatic heterocycles. The van der Waals surface area contributed by atoms with E-state index in [-0.39, 0.29) is 0 Å². The summed E-state index contributed by atoms with van der Waals surface area (Å²) >= 11 is 0. The third-order valence-corrected chi connectivity index (χ3v) is 5.87. The summed E-state index contributed by atoms with van der Waals surface area (Å²) in [5.74, 6) is 2.01. The Morgan fingerprint density at radius 2 is 1.63 bits per heavy atom. The van der Waals surface area contributed by atoms with Crippen molar-refractivity contribution in [2.45, 2.75) is 71.3 Å². The van der Waals surface area contributed by atoms with Gasteiger partial charge in [0.05, 0.1) is 0 Å². The van der Waals surface area contributed by atoms with Crippen LogP contribution in [0.25, 0.3) is 0 Å². The topological polar surface area (TPSA) is 15.3 Å². The molecule has 2 heteroatoms. The van der Waals surface area contributed by atoms with E-state index in [0.29, 0.717) is 5.54 Å². The molecule has 2 aliphatic rings. The lowest BCUT2D eigenvalue weighted by atomic mass is 9.80. The summed E-state index contributed by atoms with van der Waals surface area (Å²) in [6.45, 7) is 12.1. The van der Waals surface area contributed by atoms with Crippen molar-refractivity contribution in [2.24, 2.45) is 11.8 Å². The van der Waals surface area contributed by atoms with Crippen LogP contribution >= 0.6 is 0 Å². The van der Waals surface area contributed by atoms with Crippen LogP contribution < -0.4 is 5.32 Å². The second-order valence-electron chi connectivity index (χ2n) is 6.94. The highest BCUT2D eigenvalue weighted by molar-refractivity contribution is 4.93. The number of hydrogen-bond acceptors (Lipinski definition) is 2. The maximum atomic E-state index is 3.77. The fourth-order valence-electron chi connectivity index (χ4n) is 4.11. The molecule has 1 aliphatic carbocycles. The third-order valence-electron chi connectivity index (χ3n) is 5.87. The maximum Gasteiger partial charge on any atom is 0.0304 e. The van der Waals surface area contributed by atoms with Gasteiger partial charge in [-0.25, -0.2) is 0 Å². The molecule has 0 aromatic rings. The summed E-state index contributed by atoms with van der Waals surface area (Å²) in [4.78, 5) is 2.75. The monoisotopic (exact) mass is 266 g/mol. The van der Waals surface area contributed by atoms with Gasteiger partial charge in [0, 0.05) is 31.7 Å². The van der Waals surface area contributed by atoms with Gasteiger partial charge in [-0.05, 0) is 37.5 Å². The van der Waals surface area contributed by atoms with Gasteiger partial charge in [0.2, 0.25) is 0 Å². The van der Waals surface area contributed by atoms with E-state index >= 15 is 0 Å². The van der Waals surface area contributed by atoms with E-state index in [9.17, 15) is 0 Å². The largest absolute Gasteiger partial charge is 0.309 e. The summed E-state index contributed by atoms with van der Waals surface area (Å²) in [6.07, 6.45) is 9.86. The Hall–Kier alpha value is -0.0800. The van der Waals surface area contributed by atoms with E-state index in [4.69, 9.17) is 0 Å². The Morgan fingerprint density at radius 3 is 2.21 bits per heavy atom. The first-order valence-electron chi connectivity index (χ1n) is 8.68. The van der Waals surface area contributed by atoms with E-state index in [2.05, 4.69) is 31.0 Å². The number of rotatable bonds is 5. The minimum atomic E-state index is 0.402. The first kappa shape index (κ1) is 15.3. The Labute approximate surface area is 120 Å². The molecule has 2 rings (SSSR count). The normalized spacial score (nSPS) is 32.4. The van der Waals surface area contributed by atoms with E-state index in [1.165, 1.54) is 71.1 Å². The Morgan fingerprint density at radius 1 is 1.00 bits per heavy atom. The van der Waals surface area contributed by atoms with Crippen LogP contribution in [0.3, 0.4) is 0 Å². The van der Waals surface area contributed by atoms with Crippen LogP contribution in [-0.2, 0) is 0 Å². The first-order chi connectivity index (χ1) is 9.21. The zero-order chi connectivity index (χ0) is 13.7. The molecular formula is C17H34N2. The lowest BCUT2D eigenvalue weighted by Gasteiger charge is -2.44. The standard InChI is InChI=1S/C17H34N2/c1-4-15-7-9-16(10-8-15)13-19-12-11-18-17(5-2,6-3)14-19/h15-16,18H,4-14H2,1-3H3. The minimum absolute atomic E-state index is 0.402. The summed E-state index contributed by atoms with van der Waals surface area (Å²) in [6, 6.07) is 0. The fourth-order valence-corrected chi connectivity index (χ4v) is 4.11. The predicted molar refractivity (Wildman–Crippen MR) is 83.5 cm³/mol. The van der Waals surface area contributed by atoms with Gasteiger partial charge in [-0.2, -0.15) is 0 Å². The van der Waals surface area contributed by atoms with Gasteiger partial charge >= 0.3 is 0 Å². The zero-order valence-electron chi connectivity index (χ0n) is 13.4. The number of hydrogen-bond donors (Lipinski definition) is 1. The molecule has 0 atom stereocenters. The quantitative estimate of drug-likeness (QED) is 0.817. The first-order valence-corrected chi connectivity index (χ1v) is 8.68. The van der Waals surface area contributed by atoms with Crippen molar-refractivity contribution in [3.05, 3.63) is 0 Å². The molecule has 0 spiro atoms. The fraction of sp³-hybridized carbons (Fsp3) is 1.00. The molecule has 1 N–H and O–H groups in total. The molecule has 0 aromatic carbocycles. The SMILES string of the molecule is CCC1CCC(CN2CCNC(CC)(CC)C2)CC1.